The first-order valence-corrected chi connectivity index (χ1v) is 6.87. The first kappa shape index (κ1) is 15.4. The number of methoxy groups -OCH3 is 2. The SMILES string of the molecule is CNC(N)(Cc1ccccc1)c1ccc(OC)c(OC)c1. The normalized spacial score (nSPS) is 13.5. The molecule has 21 heavy (non-hydrogen) atoms. The Bertz CT molecular complexity index is 587. The molecule has 4 nitrogen and oxygen atoms in total. The van der Waals surface area contributed by atoms with Gasteiger partial charge in [-0.3, -0.25) is 5.32 Å². The van der Waals surface area contributed by atoms with Crippen molar-refractivity contribution in [2.45, 2.75) is 12.1 Å². The molecule has 0 saturated carbocycles. The summed E-state index contributed by atoms with van der Waals surface area (Å²) >= 11 is 0. The van der Waals surface area contributed by atoms with Crippen molar-refractivity contribution >= 4 is 0 Å². The summed E-state index contributed by atoms with van der Waals surface area (Å²) in [5.41, 5.74) is 8.01. The van der Waals surface area contributed by atoms with Crippen LogP contribution in [0.1, 0.15) is 11.1 Å². The molecule has 2 rings (SSSR count). The summed E-state index contributed by atoms with van der Waals surface area (Å²) in [6, 6.07) is 15.9. The number of benzene rings is 2. The van der Waals surface area contributed by atoms with Gasteiger partial charge in [-0.15, -0.1) is 0 Å². The van der Waals surface area contributed by atoms with Crippen molar-refractivity contribution < 1.29 is 9.47 Å². The van der Waals surface area contributed by atoms with Gasteiger partial charge in [-0.05, 0) is 30.3 Å². The summed E-state index contributed by atoms with van der Waals surface area (Å²) in [5, 5.41) is 3.21. The van der Waals surface area contributed by atoms with Gasteiger partial charge in [-0.25, -0.2) is 0 Å². The number of rotatable bonds is 6. The van der Waals surface area contributed by atoms with Crippen LogP contribution >= 0.6 is 0 Å². The van der Waals surface area contributed by atoms with E-state index in [-0.39, 0.29) is 0 Å². The predicted molar refractivity (Wildman–Crippen MR) is 84.6 cm³/mol. The lowest BCUT2D eigenvalue weighted by atomic mass is 9.92. The molecule has 0 aliphatic heterocycles. The fourth-order valence-electron chi connectivity index (χ4n) is 2.37. The highest BCUT2D eigenvalue weighted by molar-refractivity contribution is 5.45. The molecule has 3 N–H and O–H groups in total. The quantitative estimate of drug-likeness (QED) is 0.800. The fourth-order valence-corrected chi connectivity index (χ4v) is 2.37. The maximum Gasteiger partial charge on any atom is 0.161 e. The van der Waals surface area contributed by atoms with Gasteiger partial charge >= 0.3 is 0 Å². The number of likely N-dealkylation sites (N-methyl/N-ethyl adjacent to an activating group) is 1. The number of nitrogens with two attached hydrogens (primary N) is 1. The minimum atomic E-state index is -0.666. The zero-order valence-electron chi connectivity index (χ0n) is 12.7. The molecule has 2 aromatic carbocycles. The topological polar surface area (TPSA) is 56.5 Å². The Morgan fingerprint density at radius 2 is 1.67 bits per heavy atom. The molecule has 0 aliphatic carbocycles. The van der Waals surface area contributed by atoms with Gasteiger partial charge in [0.2, 0.25) is 0 Å². The van der Waals surface area contributed by atoms with Crippen molar-refractivity contribution in [3.05, 3.63) is 59.7 Å². The lowest BCUT2D eigenvalue weighted by molar-refractivity contribution is 0.345. The van der Waals surface area contributed by atoms with Crippen molar-refractivity contribution in [3.8, 4) is 11.5 Å². The number of hydrogen-bond acceptors (Lipinski definition) is 4. The number of hydrogen-bond donors (Lipinski definition) is 2. The van der Waals surface area contributed by atoms with Crippen LogP contribution in [-0.2, 0) is 12.1 Å². The maximum absolute atomic E-state index is 6.56. The second kappa shape index (κ2) is 6.61. The van der Waals surface area contributed by atoms with Gasteiger partial charge in [-0.1, -0.05) is 36.4 Å². The molecular weight excluding hydrogens is 264 g/mol. The highest BCUT2D eigenvalue weighted by atomic mass is 16.5. The van der Waals surface area contributed by atoms with Gasteiger partial charge in [-0.2, -0.15) is 0 Å². The summed E-state index contributed by atoms with van der Waals surface area (Å²) in [7, 11) is 5.10. The molecule has 0 fully saturated rings. The zero-order chi connectivity index (χ0) is 15.3. The molecule has 0 spiro atoms. The van der Waals surface area contributed by atoms with E-state index in [1.165, 1.54) is 5.56 Å². The van der Waals surface area contributed by atoms with E-state index in [9.17, 15) is 0 Å². The molecule has 112 valence electrons. The minimum Gasteiger partial charge on any atom is -0.493 e. The molecular formula is C17H22N2O2. The van der Waals surface area contributed by atoms with Crippen LogP contribution in [0.5, 0.6) is 11.5 Å². The Morgan fingerprint density at radius 3 is 2.24 bits per heavy atom. The smallest absolute Gasteiger partial charge is 0.161 e. The first-order valence-electron chi connectivity index (χ1n) is 6.87. The van der Waals surface area contributed by atoms with Gasteiger partial charge in [0.25, 0.3) is 0 Å². The zero-order valence-corrected chi connectivity index (χ0v) is 12.7. The Hall–Kier alpha value is -2.04. The van der Waals surface area contributed by atoms with E-state index in [0.717, 1.165) is 5.56 Å². The third-order valence-electron chi connectivity index (χ3n) is 3.67. The van der Waals surface area contributed by atoms with Crippen LogP contribution in [0.15, 0.2) is 48.5 Å². The van der Waals surface area contributed by atoms with Crippen molar-refractivity contribution in [1.29, 1.82) is 0 Å². The third-order valence-corrected chi connectivity index (χ3v) is 3.67. The molecule has 0 amide bonds. The lowest BCUT2D eigenvalue weighted by Crippen LogP contribution is -2.50. The molecule has 1 unspecified atom stereocenters. The summed E-state index contributed by atoms with van der Waals surface area (Å²) in [6.07, 6.45) is 0.680. The van der Waals surface area contributed by atoms with Crippen LogP contribution in [-0.4, -0.2) is 21.3 Å². The van der Waals surface area contributed by atoms with Crippen LogP contribution in [0, 0.1) is 0 Å². The monoisotopic (exact) mass is 286 g/mol. The van der Waals surface area contributed by atoms with E-state index in [0.29, 0.717) is 17.9 Å². The molecule has 1 atom stereocenters. The Labute approximate surface area is 125 Å². The van der Waals surface area contributed by atoms with E-state index >= 15 is 0 Å². The highest BCUT2D eigenvalue weighted by Crippen LogP contribution is 2.31. The summed E-state index contributed by atoms with van der Waals surface area (Å²) < 4.78 is 10.6. The van der Waals surface area contributed by atoms with E-state index in [1.807, 2.05) is 43.4 Å². The minimum absolute atomic E-state index is 0.666. The average molecular weight is 286 g/mol. The van der Waals surface area contributed by atoms with Gasteiger partial charge in [0.15, 0.2) is 11.5 Å². The fraction of sp³-hybridized carbons (Fsp3) is 0.294. The summed E-state index contributed by atoms with van der Waals surface area (Å²) in [5.74, 6) is 1.37. The van der Waals surface area contributed by atoms with E-state index in [4.69, 9.17) is 15.2 Å². The number of ether oxygens (including phenoxy) is 2. The Morgan fingerprint density at radius 1 is 1.00 bits per heavy atom. The predicted octanol–water partition coefficient (Wildman–Crippen LogP) is 2.28. The Balaban J connectivity index is 2.35. The van der Waals surface area contributed by atoms with Crippen LogP contribution < -0.4 is 20.5 Å². The average Bonchev–Trinajstić information content (AvgIpc) is 2.54. The van der Waals surface area contributed by atoms with Gasteiger partial charge in [0.05, 0.1) is 19.9 Å². The number of nitrogens with one attached hydrogen (secondary N) is 1. The standard InChI is InChI=1S/C17H22N2O2/c1-19-17(18,12-13-7-5-4-6-8-13)14-9-10-15(20-2)16(11-14)21-3/h4-11,19H,12,18H2,1-3H3. The van der Waals surface area contributed by atoms with E-state index < -0.39 is 5.66 Å². The van der Waals surface area contributed by atoms with Crippen LogP contribution in [0.2, 0.25) is 0 Å². The second-order valence-corrected chi connectivity index (χ2v) is 4.95. The summed E-state index contributed by atoms with van der Waals surface area (Å²) in [6.45, 7) is 0. The van der Waals surface area contributed by atoms with Crippen molar-refractivity contribution in [2.24, 2.45) is 5.73 Å². The van der Waals surface area contributed by atoms with Crippen molar-refractivity contribution in [1.82, 2.24) is 5.32 Å². The van der Waals surface area contributed by atoms with Crippen LogP contribution in [0.4, 0.5) is 0 Å². The molecule has 0 heterocycles. The molecule has 0 bridgehead atoms. The van der Waals surface area contributed by atoms with Gasteiger partial charge in [0, 0.05) is 6.42 Å². The molecule has 4 heteroatoms. The second-order valence-electron chi connectivity index (χ2n) is 4.95. The molecule has 0 aliphatic rings. The lowest BCUT2D eigenvalue weighted by Gasteiger charge is -2.30. The molecule has 2 aromatic rings. The van der Waals surface area contributed by atoms with E-state index in [1.54, 1.807) is 14.2 Å². The summed E-state index contributed by atoms with van der Waals surface area (Å²) in [4.78, 5) is 0. The maximum atomic E-state index is 6.56. The molecule has 0 radical (unpaired) electrons. The molecule has 0 aromatic heterocycles. The third kappa shape index (κ3) is 3.35. The Kier molecular flexibility index (Phi) is 4.83. The highest BCUT2D eigenvalue weighted by Gasteiger charge is 2.26. The van der Waals surface area contributed by atoms with Crippen molar-refractivity contribution in [3.63, 3.8) is 0 Å². The van der Waals surface area contributed by atoms with Gasteiger partial charge < -0.3 is 15.2 Å². The van der Waals surface area contributed by atoms with Crippen LogP contribution in [0.3, 0.4) is 0 Å². The largest absolute Gasteiger partial charge is 0.493 e. The first-order chi connectivity index (χ1) is 10.1. The van der Waals surface area contributed by atoms with E-state index in [2.05, 4.69) is 17.4 Å². The van der Waals surface area contributed by atoms with Crippen LogP contribution in [0.25, 0.3) is 0 Å². The molecule has 0 saturated heterocycles. The van der Waals surface area contributed by atoms with Crippen molar-refractivity contribution in [2.75, 3.05) is 21.3 Å². The van der Waals surface area contributed by atoms with Gasteiger partial charge in [0.1, 0.15) is 0 Å².